The Morgan fingerprint density at radius 2 is 1.63 bits per heavy atom. The molecule has 0 fully saturated rings. The minimum atomic E-state index is 0.569. The highest BCUT2D eigenvalue weighted by atomic mass is 16.5. The maximum atomic E-state index is 5.98. The Morgan fingerprint density at radius 1 is 0.947 bits per heavy atom. The largest absolute Gasteiger partial charge is 0.497 e. The van der Waals surface area contributed by atoms with Crippen molar-refractivity contribution in [3.05, 3.63) is 47.0 Å². The number of nitrogen functional groups attached to an aromatic ring is 1. The van der Waals surface area contributed by atoms with Crippen LogP contribution in [0.2, 0.25) is 0 Å². The van der Waals surface area contributed by atoms with Gasteiger partial charge in [-0.05, 0) is 49.6 Å². The van der Waals surface area contributed by atoms with Crippen LogP contribution in [-0.4, -0.2) is 7.11 Å². The summed E-state index contributed by atoms with van der Waals surface area (Å²) in [6.07, 6.45) is 0. The van der Waals surface area contributed by atoms with Crippen LogP contribution in [-0.2, 0) is 0 Å². The van der Waals surface area contributed by atoms with Gasteiger partial charge in [-0.15, -0.1) is 0 Å². The second-order valence-corrected chi connectivity index (χ2v) is 4.66. The van der Waals surface area contributed by atoms with Crippen molar-refractivity contribution in [2.24, 2.45) is 0 Å². The van der Waals surface area contributed by atoms with Crippen molar-refractivity contribution in [2.45, 2.75) is 20.8 Å². The highest BCUT2D eigenvalue weighted by Gasteiger charge is 2.10. The Labute approximate surface area is 114 Å². The molecule has 0 unspecified atom stereocenters. The number of aryl methyl sites for hydroxylation is 2. The van der Waals surface area contributed by atoms with Crippen LogP contribution in [0.4, 0.5) is 5.69 Å². The maximum absolute atomic E-state index is 5.98. The van der Waals surface area contributed by atoms with Crippen LogP contribution in [0.5, 0.6) is 17.2 Å². The van der Waals surface area contributed by atoms with Gasteiger partial charge in [-0.1, -0.05) is 12.1 Å². The average molecular weight is 257 g/mol. The van der Waals surface area contributed by atoms with Crippen LogP contribution in [0.3, 0.4) is 0 Å². The number of benzene rings is 2. The van der Waals surface area contributed by atoms with Gasteiger partial charge < -0.3 is 15.2 Å². The zero-order valence-corrected chi connectivity index (χ0v) is 11.8. The smallest absolute Gasteiger partial charge is 0.150 e. The lowest BCUT2D eigenvalue weighted by atomic mass is 10.1. The molecule has 0 saturated heterocycles. The molecule has 2 aromatic carbocycles. The molecule has 0 amide bonds. The van der Waals surface area contributed by atoms with Gasteiger partial charge in [-0.2, -0.15) is 0 Å². The van der Waals surface area contributed by atoms with Crippen molar-refractivity contribution in [2.75, 3.05) is 12.8 Å². The van der Waals surface area contributed by atoms with Gasteiger partial charge in [-0.3, -0.25) is 0 Å². The summed E-state index contributed by atoms with van der Waals surface area (Å²) in [5, 5.41) is 0. The van der Waals surface area contributed by atoms with E-state index in [2.05, 4.69) is 26.0 Å². The first-order valence-electron chi connectivity index (χ1n) is 6.21. The van der Waals surface area contributed by atoms with Crippen molar-refractivity contribution in [1.29, 1.82) is 0 Å². The lowest BCUT2D eigenvalue weighted by Gasteiger charge is -2.15. The fourth-order valence-electron chi connectivity index (χ4n) is 1.94. The summed E-state index contributed by atoms with van der Waals surface area (Å²) in [4.78, 5) is 0. The van der Waals surface area contributed by atoms with E-state index < -0.39 is 0 Å². The van der Waals surface area contributed by atoms with E-state index >= 15 is 0 Å². The minimum Gasteiger partial charge on any atom is -0.497 e. The molecule has 0 heterocycles. The third-order valence-corrected chi connectivity index (χ3v) is 3.30. The molecule has 0 atom stereocenters. The van der Waals surface area contributed by atoms with Gasteiger partial charge in [0.15, 0.2) is 5.75 Å². The molecule has 19 heavy (non-hydrogen) atoms. The third kappa shape index (κ3) is 2.65. The van der Waals surface area contributed by atoms with Crippen LogP contribution < -0.4 is 15.2 Å². The van der Waals surface area contributed by atoms with Gasteiger partial charge in [0.25, 0.3) is 0 Å². The lowest BCUT2D eigenvalue weighted by molar-refractivity contribution is 0.413. The summed E-state index contributed by atoms with van der Waals surface area (Å²) < 4.78 is 11.1. The van der Waals surface area contributed by atoms with Crippen molar-refractivity contribution in [3.63, 3.8) is 0 Å². The van der Waals surface area contributed by atoms with Crippen molar-refractivity contribution in [3.8, 4) is 17.2 Å². The number of hydrogen-bond donors (Lipinski definition) is 1. The lowest BCUT2D eigenvalue weighted by Crippen LogP contribution is -1.97. The van der Waals surface area contributed by atoms with Crippen LogP contribution in [0.1, 0.15) is 16.7 Å². The number of nitrogens with two attached hydrogens (primary N) is 1. The van der Waals surface area contributed by atoms with E-state index in [1.165, 1.54) is 5.56 Å². The van der Waals surface area contributed by atoms with Crippen LogP contribution in [0.15, 0.2) is 30.3 Å². The van der Waals surface area contributed by atoms with Crippen LogP contribution in [0, 0.1) is 20.8 Å². The Morgan fingerprint density at radius 3 is 2.26 bits per heavy atom. The summed E-state index contributed by atoms with van der Waals surface area (Å²) in [5.41, 5.74) is 9.98. The second kappa shape index (κ2) is 5.22. The monoisotopic (exact) mass is 257 g/mol. The molecular formula is C16H19NO2. The van der Waals surface area contributed by atoms with E-state index in [0.717, 1.165) is 22.6 Å². The Hall–Kier alpha value is -2.16. The summed E-state index contributed by atoms with van der Waals surface area (Å²) >= 11 is 0. The van der Waals surface area contributed by atoms with E-state index in [4.69, 9.17) is 15.2 Å². The first-order chi connectivity index (χ1) is 9.02. The standard InChI is InChI=1S/C16H19NO2/c1-10-5-6-11(2)16(12(10)3)19-15-8-7-13(18-4)9-14(15)17/h5-9H,17H2,1-4H3. The highest BCUT2D eigenvalue weighted by Crippen LogP contribution is 2.34. The minimum absolute atomic E-state index is 0.569. The molecule has 2 rings (SSSR count). The van der Waals surface area contributed by atoms with Gasteiger partial charge >= 0.3 is 0 Å². The normalized spacial score (nSPS) is 10.3. The molecule has 2 aromatic rings. The Kier molecular flexibility index (Phi) is 3.65. The Bertz CT molecular complexity index is 606. The van der Waals surface area contributed by atoms with Gasteiger partial charge in [0.05, 0.1) is 12.8 Å². The van der Waals surface area contributed by atoms with Gasteiger partial charge in [0, 0.05) is 6.07 Å². The van der Waals surface area contributed by atoms with Gasteiger partial charge in [0.2, 0.25) is 0 Å². The zero-order chi connectivity index (χ0) is 14.0. The second-order valence-electron chi connectivity index (χ2n) is 4.66. The van der Waals surface area contributed by atoms with Crippen LogP contribution in [0.25, 0.3) is 0 Å². The average Bonchev–Trinajstić information content (AvgIpc) is 2.40. The molecule has 0 bridgehead atoms. The van der Waals surface area contributed by atoms with Crippen molar-refractivity contribution >= 4 is 5.69 Å². The zero-order valence-electron chi connectivity index (χ0n) is 11.8. The molecule has 3 heteroatoms. The topological polar surface area (TPSA) is 44.5 Å². The maximum Gasteiger partial charge on any atom is 0.150 e. The van der Waals surface area contributed by atoms with Gasteiger partial charge in [-0.25, -0.2) is 0 Å². The molecule has 3 nitrogen and oxygen atoms in total. The highest BCUT2D eigenvalue weighted by molar-refractivity contribution is 5.58. The van der Waals surface area contributed by atoms with Crippen molar-refractivity contribution < 1.29 is 9.47 Å². The molecule has 0 aliphatic rings. The van der Waals surface area contributed by atoms with Gasteiger partial charge in [0.1, 0.15) is 11.5 Å². The molecule has 0 saturated carbocycles. The van der Waals surface area contributed by atoms with Crippen molar-refractivity contribution in [1.82, 2.24) is 0 Å². The number of anilines is 1. The SMILES string of the molecule is COc1ccc(Oc2c(C)ccc(C)c2C)c(N)c1. The summed E-state index contributed by atoms with van der Waals surface area (Å²) in [6.45, 7) is 6.15. The summed E-state index contributed by atoms with van der Waals surface area (Å²) in [5.74, 6) is 2.25. The van der Waals surface area contributed by atoms with E-state index in [1.807, 2.05) is 19.1 Å². The molecule has 0 aliphatic carbocycles. The number of rotatable bonds is 3. The van der Waals surface area contributed by atoms with Crippen LogP contribution >= 0.6 is 0 Å². The predicted molar refractivity (Wildman–Crippen MR) is 78.1 cm³/mol. The van der Waals surface area contributed by atoms with E-state index in [1.54, 1.807) is 13.2 Å². The first kappa shape index (κ1) is 13.3. The molecule has 2 N–H and O–H groups in total. The fourth-order valence-corrected chi connectivity index (χ4v) is 1.94. The summed E-state index contributed by atoms with van der Waals surface area (Å²) in [6, 6.07) is 9.57. The molecule has 0 spiro atoms. The fraction of sp³-hybridized carbons (Fsp3) is 0.250. The van der Waals surface area contributed by atoms with E-state index in [0.29, 0.717) is 11.4 Å². The third-order valence-electron chi connectivity index (χ3n) is 3.30. The number of hydrogen-bond acceptors (Lipinski definition) is 3. The molecule has 100 valence electrons. The molecule has 0 aromatic heterocycles. The molecular weight excluding hydrogens is 238 g/mol. The molecule has 0 aliphatic heterocycles. The quantitative estimate of drug-likeness (QED) is 0.845. The Balaban J connectivity index is 2.39. The van der Waals surface area contributed by atoms with E-state index in [9.17, 15) is 0 Å². The number of ether oxygens (including phenoxy) is 2. The summed E-state index contributed by atoms with van der Waals surface area (Å²) in [7, 11) is 1.62. The molecule has 0 radical (unpaired) electrons. The predicted octanol–water partition coefficient (Wildman–Crippen LogP) is 3.99. The van der Waals surface area contributed by atoms with E-state index in [-0.39, 0.29) is 0 Å². The first-order valence-corrected chi connectivity index (χ1v) is 6.21. The number of methoxy groups -OCH3 is 1.